The summed E-state index contributed by atoms with van der Waals surface area (Å²) in [6.45, 7) is 10.2. The van der Waals surface area contributed by atoms with Gasteiger partial charge in [-0.25, -0.2) is 15.0 Å². The summed E-state index contributed by atoms with van der Waals surface area (Å²) in [7, 11) is 1.68. The maximum Gasteiger partial charge on any atom is 0.190 e. The van der Waals surface area contributed by atoms with Crippen molar-refractivity contribution in [3.63, 3.8) is 0 Å². The minimum Gasteiger partial charge on any atom is -0.493 e. The number of rotatable bonds is 10. The zero-order valence-electron chi connectivity index (χ0n) is 21.0. The average molecular weight is 514 g/mol. The van der Waals surface area contributed by atoms with Crippen LogP contribution in [0.15, 0.2) is 29.4 Å². The van der Waals surface area contributed by atoms with Gasteiger partial charge >= 0.3 is 0 Å². The van der Waals surface area contributed by atoms with Crippen LogP contribution in [0.4, 0.5) is 5.82 Å². The first-order chi connectivity index (χ1) is 17.0. The highest BCUT2D eigenvalue weighted by atomic mass is 32.2. The number of nitrogens with zero attached hydrogens (tertiary/aromatic N) is 4. The number of methoxy groups -OCH3 is 1. The lowest BCUT2D eigenvalue weighted by Gasteiger charge is -2.26. The van der Waals surface area contributed by atoms with E-state index in [9.17, 15) is 0 Å². The molecule has 1 aromatic carbocycles. The van der Waals surface area contributed by atoms with E-state index in [1.807, 2.05) is 13.0 Å². The number of anilines is 1. The van der Waals surface area contributed by atoms with Gasteiger partial charge < -0.3 is 15.2 Å². The molecule has 0 amide bonds. The molecule has 0 bridgehead atoms. The third kappa shape index (κ3) is 6.65. The van der Waals surface area contributed by atoms with Crippen LogP contribution in [0.2, 0.25) is 0 Å². The second kappa shape index (κ2) is 12.1. The molecule has 1 fully saturated rings. The Morgan fingerprint density at radius 2 is 1.91 bits per heavy atom. The highest BCUT2D eigenvalue weighted by Crippen LogP contribution is 2.41. The summed E-state index contributed by atoms with van der Waals surface area (Å²) < 4.78 is 11.8. The first-order valence-corrected chi connectivity index (χ1v) is 14.0. The number of aromatic nitrogens is 3. The van der Waals surface area contributed by atoms with Crippen LogP contribution < -0.4 is 15.2 Å². The van der Waals surface area contributed by atoms with Gasteiger partial charge in [0.1, 0.15) is 17.4 Å². The number of hydrogen-bond donors (Lipinski definition) is 1. The molecular formula is C26H35N5O2S2. The predicted molar refractivity (Wildman–Crippen MR) is 145 cm³/mol. The molecule has 0 unspecified atom stereocenters. The number of ether oxygens (including phenoxy) is 2. The average Bonchev–Trinajstić information content (AvgIpc) is 3.29. The molecule has 1 aliphatic rings. The van der Waals surface area contributed by atoms with E-state index in [0.29, 0.717) is 17.6 Å². The number of nitrogens with two attached hydrogens (primary N) is 1. The third-order valence-electron chi connectivity index (χ3n) is 6.09. The number of piperidine rings is 1. The Morgan fingerprint density at radius 3 is 2.63 bits per heavy atom. The van der Waals surface area contributed by atoms with Crippen molar-refractivity contribution in [3.8, 4) is 22.1 Å². The van der Waals surface area contributed by atoms with Gasteiger partial charge in [0.2, 0.25) is 0 Å². The number of hydrogen-bond acceptors (Lipinski definition) is 9. The van der Waals surface area contributed by atoms with Gasteiger partial charge in [0, 0.05) is 28.7 Å². The van der Waals surface area contributed by atoms with Crippen molar-refractivity contribution in [1.29, 1.82) is 0 Å². The number of thioether (sulfide) groups is 1. The van der Waals surface area contributed by atoms with Gasteiger partial charge in [-0.2, -0.15) is 0 Å². The Morgan fingerprint density at radius 1 is 1.11 bits per heavy atom. The fourth-order valence-electron chi connectivity index (χ4n) is 4.28. The van der Waals surface area contributed by atoms with Crippen molar-refractivity contribution in [2.45, 2.75) is 56.9 Å². The molecule has 1 aliphatic heterocycles. The van der Waals surface area contributed by atoms with E-state index in [0.717, 1.165) is 46.4 Å². The topological polar surface area (TPSA) is 86.4 Å². The Labute approximate surface area is 216 Å². The molecule has 1 atom stereocenters. The quantitative estimate of drug-likeness (QED) is 0.270. The van der Waals surface area contributed by atoms with Crippen LogP contribution in [0, 0.1) is 6.92 Å². The Balaban J connectivity index is 1.51. The first-order valence-electron chi connectivity index (χ1n) is 12.3. The monoisotopic (exact) mass is 513 g/mol. The molecule has 7 nitrogen and oxygen atoms in total. The molecule has 188 valence electrons. The smallest absolute Gasteiger partial charge is 0.190 e. The van der Waals surface area contributed by atoms with Crippen molar-refractivity contribution < 1.29 is 9.47 Å². The van der Waals surface area contributed by atoms with E-state index < -0.39 is 0 Å². The minimum atomic E-state index is 0.106. The van der Waals surface area contributed by atoms with Crippen LogP contribution >= 0.6 is 23.1 Å². The SMILES string of the molecule is CCc1sc(-c2ccc(OC)c(OCCN3CCCCC3)c2)nc1[C@@H](C)Sc1nc(C)cc(N)n1. The summed E-state index contributed by atoms with van der Waals surface area (Å²) in [4.78, 5) is 17.7. The summed E-state index contributed by atoms with van der Waals surface area (Å²) >= 11 is 3.32. The van der Waals surface area contributed by atoms with E-state index in [1.54, 1.807) is 36.3 Å². The molecule has 2 N–H and O–H groups in total. The van der Waals surface area contributed by atoms with Crippen molar-refractivity contribution >= 4 is 28.9 Å². The molecule has 1 saturated heterocycles. The highest BCUT2D eigenvalue weighted by molar-refractivity contribution is 7.99. The van der Waals surface area contributed by atoms with Gasteiger partial charge in [-0.15, -0.1) is 11.3 Å². The standard InChI is InChI=1S/C26H35N5O2S2/c1-5-22-24(18(3)34-26-28-17(2)15-23(27)29-26)30-25(35-22)19-9-10-20(32-4)21(16-19)33-14-13-31-11-7-6-8-12-31/h9-10,15-16,18H,5-8,11-14H2,1-4H3,(H2,27,28,29)/t18-/m1/s1. The molecule has 4 rings (SSSR count). The van der Waals surface area contributed by atoms with Crippen molar-refractivity contribution in [3.05, 3.63) is 40.5 Å². The van der Waals surface area contributed by atoms with Gasteiger partial charge in [0.05, 0.1) is 18.1 Å². The first kappa shape index (κ1) is 25.7. The second-order valence-electron chi connectivity index (χ2n) is 8.77. The molecule has 3 heterocycles. The Hall–Kier alpha value is -2.36. The van der Waals surface area contributed by atoms with Crippen LogP contribution in [-0.2, 0) is 6.42 Å². The summed E-state index contributed by atoms with van der Waals surface area (Å²) in [5, 5.41) is 1.77. The van der Waals surface area contributed by atoms with Crippen LogP contribution in [0.1, 0.15) is 54.6 Å². The van der Waals surface area contributed by atoms with Crippen molar-refractivity contribution in [1.82, 2.24) is 19.9 Å². The molecule has 0 spiro atoms. The van der Waals surface area contributed by atoms with E-state index in [2.05, 4.69) is 40.8 Å². The zero-order chi connectivity index (χ0) is 24.8. The Bertz CT molecular complexity index is 1110. The molecular weight excluding hydrogens is 478 g/mol. The molecule has 9 heteroatoms. The van der Waals surface area contributed by atoms with Gasteiger partial charge in [-0.05, 0) is 64.4 Å². The fourth-order valence-corrected chi connectivity index (χ4v) is 6.43. The number of nitrogen functional groups attached to an aromatic ring is 1. The maximum atomic E-state index is 6.18. The molecule has 0 radical (unpaired) electrons. The summed E-state index contributed by atoms with van der Waals surface area (Å²) in [6.07, 6.45) is 4.83. The van der Waals surface area contributed by atoms with Gasteiger partial charge in [0.25, 0.3) is 0 Å². The van der Waals surface area contributed by atoms with Gasteiger partial charge in [-0.3, -0.25) is 4.90 Å². The Kier molecular flexibility index (Phi) is 8.86. The predicted octanol–water partition coefficient (Wildman–Crippen LogP) is 5.78. The van der Waals surface area contributed by atoms with E-state index in [4.69, 9.17) is 20.2 Å². The normalized spacial score (nSPS) is 15.2. The van der Waals surface area contributed by atoms with Crippen LogP contribution in [0.25, 0.3) is 10.6 Å². The lowest BCUT2D eigenvalue weighted by Crippen LogP contribution is -2.33. The minimum absolute atomic E-state index is 0.106. The molecule has 0 aliphatic carbocycles. The van der Waals surface area contributed by atoms with E-state index in [1.165, 1.54) is 37.2 Å². The highest BCUT2D eigenvalue weighted by Gasteiger charge is 2.20. The molecule has 35 heavy (non-hydrogen) atoms. The number of likely N-dealkylation sites (tertiary alicyclic amines) is 1. The van der Waals surface area contributed by atoms with Crippen molar-refractivity contribution in [2.75, 3.05) is 39.1 Å². The third-order valence-corrected chi connectivity index (χ3v) is 8.33. The van der Waals surface area contributed by atoms with Gasteiger partial charge in [0.15, 0.2) is 16.7 Å². The lowest BCUT2D eigenvalue weighted by atomic mass is 10.1. The van der Waals surface area contributed by atoms with Crippen LogP contribution in [0.5, 0.6) is 11.5 Å². The summed E-state index contributed by atoms with van der Waals surface area (Å²) in [5.74, 6) is 2.01. The van der Waals surface area contributed by atoms with E-state index >= 15 is 0 Å². The lowest BCUT2D eigenvalue weighted by molar-refractivity contribution is 0.180. The van der Waals surface area contributed by atoms with Crippen LogP contribution in [0.3, 0.4) is 0 Å². The summed E-state index contributed by atoms with van der Waals surface area (Å²) in [6, 6.07) is 7.86. The fraction of sp³-hybridized carbons (Fsp3) is 0.500. The van der Waals surface area contributed by atoms with E-state index in [-0.39, 0.29) is 5.25 Å². The largest absolute Gasteiger partial charge is 0.493 e. The van der Waals surface area contributed by atoms with Gasteiger partial charge in [-0.1, -0.05) is 25.1 Å². The molecule has 3 aromatic rings. The summed E-state index contributed by atoms with van der Waals surface area (Å²) in [5.41, 5.74) is 8.90. The zero-order valence-corrected chi connectivity index (χ0v) is 22.7. The number of benzene rings is 1. The molecule has 0 saturated carbocycles. The van der Waals surface area contributed by atoms with Crippen molar-refractivity contribution in [2.24, 2.45) is 0 Å². The molecule has 2 aromatic heterocycles. The number of thiazole rings is 1. The number of aryl methyl sites for hydroxylation is 2. The second-order valence-corrected chi connectivity index (χ2v) is 11.2. The van der Waals surface area contributed by atoms with Crippen LogP contribution in [-0.4, -0.2) is 53.2 Å². The maximum absolute atomic E-state index is 6.18.